The zero-order chi connectivity index (χ0) is 24.3. The number of hydrogen-bond donors (Lipinski definition) is 1. The summed E-state index contributed by atoms with van der Waals surface area (Å²) in [5.74, 6) is 0.00637. The Balaban J connectivity index is 1.76. The first-order valence-corrected chi connectivity index (χ1v) is 10.9. The van der Waals surface area contributed by atoms with Crippen molar-refractivity contribution in [2.24, 2.45) is 11.8 Å². The Kier molecular flexibility index (Phi) is 7.17. The molecule has 2 aromatic heterocycles. The molecule has 1 unspecified atom stereocenters. The fourth-order valence-electron chi connectivity index (χ4n) is 3.73. The Morgan fingerprint density at radius 1 is 1.39 bits per heavy atom. The van der Waals surface area contributed by atoms with Crippen LogP contribution in [0.3, 0.4) is 0 Å². The van der Waals surface area contributed by atoms with Gasteiger partial charge in [0, 0.05) is 12.3 Å². The van der Waals surface area contributed by atoms with Crippen LogP contribution in [0.5, 0.6) is 0 Å². The van der Waals surface area contributed by atoms with Crippen LogP contribution in [-0.4, -0.2) is 49.8 Å². The minimum absolute atomic E-state index is 0.0539. The molecule has 33 heavy (non-hydrogen) atoms. The summed E-state index contributed by atoms with van der Waals surface area (Å²) < 4.78 is 32.0. The Morgan fingerprint density at radius 3 is 2.70 bits per heavy atom. The lowest BCUT2D eigenvalue weighted by atomic mass is 9.90. The molecule has 2 N–H and O–H groups in total. The summed E-state index contributed by atoms with van der Waals surface area (Å²) in [6, 6.07) is 0. The molecule has 10 nitrogen and oxygen atoms in total. The molecule has 1 aliphatic rings. The van der Waals surface area contributed by atoms with E-state index in [2.05, 4.69) is 20.9 Å². The van der Waals surface area contributed by atoms with E-state index >= 15 is 0 Å². The maximum Gasteiger partial charge on any atom is 0.364 e. The molecular formula is C22H28FN5O5. The third kappa shape index (κ3) is 4.61. The molecule has 1 saturated heterocycles. The summed E-state index contributed by atoms with van der Waals surface area (Å²) in [5, 5.41) is 0. The monoisotopic (exact) mass is 461 g/mol. The van der Waals surface area contributed by atoms with Crippen molar-refractivity contribution in [2.45, 2.75) is 64.9 Å². The SMILES string of the molecule is C#C[C@@](OC(=O)C(CC)CC)(C(=O)OC1CO[C@@H](n2cnc3c(N)nc(F)nc32)C1)C(C)C. The van der Waals surface area contributed by atoms with Crippen LogP contribution < -0.4 is 5.73 Å². The van der Waals surface area contributed by atoms with Gasteiger partial charge in [-0.3, -0.25) is 9.36 Å². The Bertz CT molecular complexity index is 1080. The van der Waals surface area contributed by atoms with Crippen molar-refractivity contribution < 1.29 is 28.2 Å². The summed E-state index contributed by atoms with van der Waals surface area (Å²) in [6.45, 7) is 7.15. The van der Waals surface area contributed by atoms with Gasteiger partial charge >= 0.3 is 18.0 Å². The molecule has 0 saturated carbocycles. The lowest BCUT2D eigenvalue weighted by Crippen LogP contribution is -2.50. The van der Waals surface area contributed by atoms with Crippen molar-refractivity contribution in [3.8, 4) is 12.3 Å². The maximum absolute atomic E-state index is 13.6. The number of terminal acetylenes is 1. The molecule has 0 amide bonds. The molecule has 3 heterocycles. The first kappa shape index (κ1) is 24.4. The van der Waals surface area contributed by atoms with E-state index < -0.39 is 41.9 Å². The van der Waals surface area contributed by atoms with Gasteiger partial charge in [0.15, 0.2) is 17.0 Å². The third-order valence-electron chi connectivity index (χ3n) is 5.86. The second-order valence-electron chi connectivity index (χ2n) is 8.22. The van der Waals surface area contributed by atoms with E-state index in [0.717, 1.165) is 0 Å². The van der Waals surface area contributed by atoms with Crippen molar-refractivity contribution in [3.05, 3.63) is 12.4 Å². The molecule has 0 spiro atoms. The molecule has 3 rings (SSSR count). The van der Waals surface area contributed by atoms with Gasteiger partial charge < -0.3 is 19.9 Å². The number of ether oxygens (including phenoxy) is 3. The van der Waals surface area contributed by atoms with Gasteiger partial charge in [0.05, 0.1) is 18.9 Å². The molecule has 11 heteroatoms. The van der Waals surface area contributed by atoms with E-state index in [9.17, 15) is 14.0 Å². The zero-order valence-corrected chi connectivity index (χ0v) is 19.1. The van der Waals surface area contributed by atoms with Crippen LogP contribution in [-0.2, 0) is 23.8 Å². The molecule has 1 fully saturated rings. The average molecular weight is 461 g/mol. The van der Waals surface area contributed by atoms with E-state index in [-0.39, 0.29) is 35.9 Å². The number of fused-ring (bicyclic) bond motifs is 1. The number of carbonyl (C=O) groups is 2. The van der Waals surface area contributed by atoms with Crippen molar-refractivity contribution in [1.29, 1.82) is 0 Å². The number of esters is 2. The Morgan fingerprint density at radius 2 is 2.09 bits per heavy atom. The number of rotatable bonds is 8. The summed E-state index contributed by atoms with van der Waals surface area (Å²) in [5.41, 5.74) is 4.24. The van der Waals surface area contributed by atoms with Crippen LogP contribution in [0.1, 0.15) is 53.2 Å². The lowest BCUT2D eigenvalue weighted by Gasteiger charge is -2.32. The van der Waals surface area contributed by atoms with E-state index in [1.807, 2.05) is 13.8 Å². The van der Waals surface area contributed by atoms with Crippen molar-refractivity contribution in [2.75, 3.05) is 12.3 Å². The predicted molar refractivity (Wildman–Crippen MR) is 116 cm³/mol. The molecule has 1 aliphatic heterocycles. The number of carbonyl (C=O) groups excluding carboxylic acids is 2. The number of nitrogens with two attached hydrogens (primary N) is 1. The van der Waals surface area contributed by atoms with Crippen molar-refractivity contribution >= 4 is 28.9 Å². The van der Waals surface area contributed by atoms with E-state index in [0.29, 0.717) is 12.8 Å². The third-order valence-corrected chi connectivity index (χ3v) is 5.86. The first-order chi connectivity index (χ1) is 15.7. The number of aromatic nitrogens is 4. The first-order valence-electron chi connectivity index (χ1n) is 10.9. The van der Waals surface area contributed by atoms with Gasteiger partial charge in [-0.15, -0.1) is 6.42 Å². The van der Waals surface area contributed by atoms with Gasteiger partial charge in [0.2, 0.25) is 0 Å². The van der Waals surface area contributed by atoms with E-state index in [4.69, 9.17) is 26.4 Å². The number of halogens is 1. The van der Waals surface area contributed by atoms with Gasteiger partial charge in [0.1, 0.15) is 12.3 Å². The second-order valence-corrected chi connectivity index (χ2v) is 8.22. The molecule has 3 atom stereocenters. The minimum atomic E-state index is -1.86. The highest BCUT2D eigenvalue weighted by atomic mass is 19.1. The lowest BCUT2D eigenvalue weighted by molar-refractivity contribution is -0.186. The zero-order valence-electron chi connectivity index (χ0n) is 19.1. The summed E-state index contributed by atoms with van der Waals surface area (Å²) in [4.78, 5) is 37.0. The number of nitrogen functional groups attached to an aromatic ring is 1. The van der Waals surface area contributed by atoms with Crippen LogP contribution >= 0.6 is 0 Å². The van der Waals surface area contributed by atoms with E-state index in [1.165, 1.54) is 10.9 Å². The smallest absolute Gasteiger partial charge is 0.364 e. The fourth-order valence-corrected chi connectivity index (χ4v) is 3.73. The molecule has 0 aromatic carbocycles. The van der Waals surface area contributed by atoms with Crippen LogP contribution in [0.15, 0.2) is 6.33 Å². The highest BCUT2D eigenvalue weighted by Gasteiger charge is 2.48. The average Bonchev–Trinajstić information content (AvgIpc) is 3.39. The van der Waals surface area contributed by atoms with Crippen LogP contribution in [0.4, 0.5) is 10.2 Å². The summed E-state index contributed by atoms with van der Waals surface area (Å²) in [6.07, 6.45) is 6.14. The minimum Gasteiger partial charge on any atom is -0.456 e. The summed E-state index contributed by atoms with van der Waals surface area (Å²) in [7, 11) is 0. The fraction of sp³-hybridized carbons (Fsp3) is 0.591. The number of imidazole rings is 1. The summed E-state index contributed by atoms with van der Waals surface area (Å²) >= 11 is 0. The Labute approximate surface area is 191 Å². The van der Waals surface area contributed by atoms with Crippen LogP contribution in [0.25, 0.3) is 11.2 Å². The second kappa shape index (κ2) is 9.70. The molecule has 0 radical (unpaired) electrons. The maximum atomic E-state index is 13.6. The number of nitrogens with zero attached hydrogens (tertiary/aromatic N) is 4. The standard InChI is InChI=1S/C22H28FN5O5/c1-6-13(7-2)19(29)33-22(8-3,12(4)5)20(30)32-14-9-15(31-10-14)28-11-25-16-17(24)26-21(23)27-18(16)28/h3,11-15H,6-7,9-10H2,1-2,4-5H3,(H2,24,26,27)/t14?,15-,22+/m1/s1. The van der Waals surface area contributed by atoms with Gasteiger partial charge in [-0.1, -0.05) is 27.7 Å². The molecule has 0 aliphatic carbocycles. The Hall–Kier alpha value is -3.26. The van der Waals surface area contributed by atoms with Crippen molar-refractivity contribution in [3.63, 3.8) is 0 Å². The van der Waals surface area contributed by atoms with Crippen LogP contribution in [0.2, 0.25) is 0 Å². The van der Waals surface area contributed by atoms with Gasteiger partial charge in [-0.05, 0) is 18.8 Å². The molecule has 0 bridgehead atoms. The largest absolute Gasteiger partial charge is 0.456 e. The highest BCUT2D eigenvalue weighted by molar-refractivity contribution is 5.88. The van der Waals surface area contributed by atoms with Gasteiger partial charge in [-0.2, -0.15) is 14.4 Å². The number of anilines is 1. The number of hydrogen-bond acceptors (Lipinski definition) is 9. The topological polar surface area (TPSA) is 131 Å². The van der Waals surface area contributed by atoms with Gasteiger partial charge in [-0.25, -0.2) is 9.78 Å². The molecule has 2 aromatic rings. The van der Waals surface area contributed by atoms with Crippen LogP contribution in [0, 0.1) is 30.3 Å². The van der Waals surface area contributed by atoms with E-state index in [1.54, 1.807) is 13.8 Å². The molecular weight excluding hydrogens is 433 g/mol. The van der Waals surface area contributed by atoms with Gasteiger partial charge in [0.25, 0.3) is 5.60 Å². The molecule has 178 valence electrons. The quantitative estimate of drug-likeness (QED) is 0.357. The normalized spacial score (nSPS) is 20.1. The predicted octanol–water partition coefficient (Wildman–Crippen LogP) is 2.39. The van der Waals surface area contributed by atoms with Crippen molar-refractivity contribution in [1.82, 2.24) is 19.5 Å². The highest BCUT2D eigenvalue weighted by Crippen LogP contribution is 2.32.